The van der Waals surface area contributed by atoms with Gasteiger partial charge in [0.15, 0.2) is 11.0 Å². The molecule has 6 rings (SSSR count). The van der Waals surface area contributed by atoms with Gasteiger partial charge in [0.2, 0.25) is 5.91 Å². The molecule has 2 N–H and O–H groups in total. The Balaban J connectivity index is 1.02. The van der Waals surface area contributed by atoms with Crippen LogP contribution in [0.15, 0.2) is 55.1 Å². The summed E-state index contributed by atoms with van der Waals surface area (Å²) in [6, 6.07) is 9.83. The molecule has 196 valence electrons. The number of benzene rings is 1. The second-order valence-electron chi connectivity index (χ2n) is 9.88. The number of hydrogen-bond acceptors (Lipinski definition) is 9. The Morgan fingerprint density at radius 3 is 2.61 bits per heavy atom. The van der Waals surface area contributed by atoms with Gasteiger partial charge in [-0.25, -0.2) is 15.0 Å². The summed E-state index contributed by atoms with van der Waals surface area (Å²) < 4.78 is 12.7. The maximum Gasteiger partial charge on any atom is 0.229 e. The number of nitrogens with one attached hydrogen (secondary N) is 1. The monoisotopic (exact) mass is 531 g/mol. The number of ether oxygens (including phenoxy) is 2. The Bertz CT molecular complexity index is 1390. The highest BCUT2D eigenvalue weighted by Crippen LogP contribution is 2.34. The summed E-state index contributed by atoms with van der Waals surface area (Å²) >= 11 is 1.46. The zero-order valence-corrected chi connectivity index (χ0v) is 21.6. The van der Waals surface area contributed by atoms with E-state index in [1.165, 1.54) is 11.3 Å². The molecule has 38 heavy (non-hydrogen) atoms. The number of thiazole rings is 1. The minimum absolute atomic E-state index is 0.00984. The van der Waals surface area contributed by atoms with Gasteiger partial charge in [-0.2, -0.15) is 0 Å². The number of carbonyl (C=O) groups is 1. The van der Waals surface area contributed by atoms with Crippen LogP contribution in [0.1, 0.15) is 43.5 Å². The number of carbonyl (C=O) groups excluding carboxylic acids is 1. The molecule has 4 aromatic rings. The summed E-state index contributed by atoms with van der Waals surface area (Å²) in [5.74, 6) is 0.527. The van der Waals surface area contributed by atoms with Crippen LogP contribution in [-0.2, 0) is 27.5 Å². The van der Waals surface area contributed by atoms with E-state index in [2.05, 4.69) is 25.3 Å². The lowest BCUT2D eigenvalue weighted by molar-refractivity contribution is -0.129. The fourth-order valence-electron chi connectivity index (χ4n) is 4.83. The molecule has 2 saturated carbocycles. The Morgan fingerprint density at radius 1 is 1.03 bits per heavy atom. The predicted octanol–water partition coefficient (Wildman–Crippen LogP) is 4.51. The minimum Gasteiger partial charge on any atom is -0.390 e. The van der Waals surface area contributed by atoms with Crippen molar-refractivity contribution in [2.24, 2.45) is 5.92 Å². The second kappa shape index (κ2) is 11.2. The number of nitrogens with zero attached hydrogens (tertiary/aromatic N) is 4. The summed E-state index contributed by atoms with van der Waals surface area (Å²) in [6.45, 7) is 0.825. The van der Waals surface area contributed by atoms with E-state index < -0.39 is 6.10 Å². The molecule has 9 nitrogen and oxygen atoms in total. The number of pyridine rings is 1. The van der Waals surface area contributed by atoms with Gasteiger partial charge < -0.3 is 19.9 Å². The smallest absolute Gasteiger partial charge is 0.229 e. The lowest BCUT2D eigenvalue weighted by Gasteiger charge is -2.33. The molecule has 1 amide bonds. The van der Waals surface area contributed by atoms with E-state index in [-0.39, 0.29) is 30.6 Å². The maximum atomic E-state index is 12.7. The van der Waals surface area contributed by atoms with Crippen molar-refractivity contribution >= 4 is 32.6 Å². The predicted molar refractivity (Wildman–Crippen MR) is 143 cm³/mol. The molecule has 0 bridgehead atoms. The zero-order chi connectivity index (χ0) is 25.9. The Morgan fingerprint density at radius 2 is 1.84 bits per heavy atom. The molecular weight excluding hydrogens is 502 g/mol. The molecule has 0 radical (unpaired) electrons. The van der Waals surface area contributed by atoms with E-state index in [1.807, 2.05) is 30.3 Å². The molecule has 10 heteroatoms. The van der Waals surface area contributed by atoms with E-state index in [0.29, 0.717) is 30.4 Å². The summed E-state index contributed by atoms with van der Waals surface area (Å²) in [7, 11) is 0. The number of aliphatic hydroxyl groups is 1. The number of anilines is 1. The molecule has 2 aliphatic rings. The highest BCUT2D eigenvalue weighted by atomic mass is 32.1. The van der Waals surface area contributed by atoms with Gasteiger partial charge in [0.05, 0.1) is 35.1 Å². The SMILES string of the molecule is O=C(Nc1nc2ccc(-c3cnc(CO[C@H]4CCC[C@@H]4O)nc3)cc2s1)C1CC(OCc2ccncc2)C1. The molecular formula is C28H29N5O4S. The first-order chi connectivity index (χ1) is 18.6. The molecule has 3 aromatic heterocycles. The topological polar surface area (TPSA) is 119 Å². The third kappa shape index (κ3) is 5.73. The summed E-state index contributed by atoms with van der Waals surface area (Å²) in [4.78, 5) is 30.2. The quantitative estimate of drug-likeness (QED) is 0.324. The van der Waals surface area contributed by atoms with Crippen LogP contribution >= 0.6 is 11.3 Å². The molecule has 0 spiro atoms. The lowest BCUT2D eigenvalue weighted by Crippen LogP contribution is -2.39. The Labute approximate surface area is 224 Å². The number of fused-ring (bicyclic) bond motifs is 1. The standard InChI is InChI=1S/C28H29N5O4S/c34-23-2-1-3-24(23)37-16-26-30-13-20(14-31-26)18-4-5-22-25(12-18)38-28(32-22)33-27(35)19-10-21(11-19)36-15-17-6-8-29-9-7-17/h4-9,12-14,19,21,23-24,34H,1-3,10-11,15-16H2,(H,32,33,35)/t19?,21?,23-,24-/m0/s1. The maximum absolute atomic E-state index is 12.7. The van der Waals surface area contributed by atoms with E-state index in [9.17, 15) is 9.90 Å². The van der Waals surface area contributed by atoms with Crippen LogP contribution in [0.5, 0.6) is 0 Å². The number of aromatic nitrogens is 4. The highest BCUT2D eigenvalue weighted by Gasteiger charge is 2.35. The first-order valence-corrected chi connectivity index (χ1v) is 13.8. The molecule has 0 saturated heterocycles. The third-order valence-electron chi connectivity index (χ3n) is 7.20. The molecule has 0 unspecified atom stereocenters. The highest BCUT2D eigenvalue weighted by molar-refractivity contribution is 7.22. The lowest BCUT2D eigenvalue weighted by atomic mass is 9.81. The van der Waals surface area contributed by atoms with E-state index in [1.54, 1.807) is 24.8 Å². The molecule has 0 aliphatic heterocycles. The van der Waals surface area contributed by atoms with Crippen LogP contribution in [0.4, 0.5) is 5.13 Å². The fraction of sp³-hybridized carbons (Fsp3) is 0.393. The number of aliphatic hydroxyl groups excluding tert-OH is 1. The average molecular weight is 532 g/mol. The number of amides is 1. The van der Waals surface area contributed by atoms with E-state index in [4.69, 9.17) is 9.47 Å². The largest absolute Gasteiger partial charge is 0.390 e. The first kappa shape index (κ1) is 25.0. The van der Waals surface area contributed by atoms with Crippen LogP contribution < -0.4 is 5.32 Å². The van der Waals surface area contributed by atoms with Crippen molar-refractivity contribution in [2.45, 2.75) is 63.6 Å². The van der Waals surface area contributed by atoms with Gasteiger partial charge in [-0.15, -0.1) is 0 Å². The normalized spacial score (nSPS) is 22.9. The van der Waals surface area contributed by atoms with Gasteiger partial charge in [0.25, 0.3) is 0 Å². The van der Waals surface area contributed by atoms with Gasteiger partial charge >= 0.3 is 0 Å². The summed E-state index contributed by atoms with van der Waals surface area (Å²) in [5.41, 5.74) is 3.79. The van der Waals surface area contributed by atoms with Gasteiger partial charge in [0.1, 0.15) is 6.61 Å². The van der Waals surface area contributed by atoms with Crippen LogP contribution in [0.3, 0.4) is 0 Å². The first-order valence-electron chi connectivity index (χ1n) is 12.9. The van der Waals surface area contributed by atoms with Crippen molar-refractivity contribution in [3.63, 3.8) is 0 Å². The van der Waals surface area contributed by atoms with Crippen molar-refractivity contribution in [2.75, 3.05) is 5.32 Å². The summed E-state index contributed by atoms with van der Waals surface area (Å²) in [6.07, 6.45) is 10.7. The molecule has 2 atom stereocenters. The molecule has 3 heterocycles. The van der Waals surface area contributed by atoms with Gasteiger partial charge in [0, 0.05) is 36.3 Å². The number of hydrogen-bond donors (Lipinski definition) is 2. The van der Waals surface area contributed by atoms with E-state index >= 15 is 0 Å². The van der Waals surface area contributed by atoms with E-state index in [0.717, 1.165) is 46.2 Å². The van der Waals surface area contributed by atoms with Gasteiger partial charge in [-0.3, -0.25) is 9.78 Å². The van der Waals surface area contributed by atoms with Crippen LogP contribution in [0.2, 0.25) is 0 Å². The van der Waals surface area contributed by atoms with Crippen LogP contribution in [0, 0.1) is 5.92 Å². The Kier molecular flexibility index (Phi) is 7.37. The van der Waals surface area contributed by atoms with Gasteiger partial charge in [-0.1, -0.05) is 17.4 Å². The average Bonchev–Trinajstić information content (AvgIpc) is 3.51. The third-order valence-corrected chi connectivity index (χ3v) is 8.14. The van der Waals surface area contributed by atoms with Crippen molar-refractivity contribution in [1.29, 1.82) is 0 Å². The summed E-state index contributed by atoms with van der Waals surface area (Å²) in [5, 5.41) is 13.5. The van der Waals surface area contributed by atoms with Crippen LogP contribution in [0.25, 0.3) is 21.3 Å². The number of rotatable bonds is 9. The van der Waals surface area contributed by atoms with Crippen LogP contribution in [-0.4, -0.2) is 49.3 Å². The zero-order valence-electron chi connectivity index (χ0n) is 20.8. The van der Waals surface area contributed by atoms with Crippen molar-refractivity contribution in [3.8, 4) is 11.1 Å². The Hall–Kier alpha value is -3.31. The molecule has 2 aliphatic carbocycles. The molecule has 2 fully saturated rings. The fourth-order valence-corrected chi connectivity index (χ4v) is 5.74. The molecule has 1 aromatic carbocycles. The van der Waals surface area contributed by atoms with Crippen molar-refractivity contribution in [1.82, 2.24) is 19.9 Å². The minimum atomic E-state index is -0.391. The van der Waals surface area contributed by atoms with Gasteiger partial charge in [-0.05, 0) is 67.5 Å². The van der Waals surface area contributed by atoms with Crippen molar-refractivity contribution < 1.29 is 19.4 Å². The van der Waals surface area contributed by atoms with Crippen molar-refractivity contribution in [3.05, 3.63) is 66.5 Å². The second-order valence-corrected chi connectivity index (χ2v) is 10.9.